The van der Waals surface area contributed by atoms with Gasteiger partial charge in [0, 0.05) is 13.0 Å². The van der Waals surface area contributed by atoms with Gasteiger partial charge in [0.05, 0.1) is 31.3 Å². The van der Waals surface area contributed by atoms with Crippen LogP contribution in [0.2, 0.25) is 0 Å². The molecule has 49 heavy (non-hydrogen) atoms. The van der Waals surface area contributed by atoms with Crippen LogP contribution in [0.15, 0.2) is 59.5 Å². The Kier molecular flexibility index (Phi) is 24.9. The number of rotatable bonds is 32. The molecular weight excluding hydrogens is 637 g/mol. The molecule has 0 N–H and O–H groups in total. The van der Waals surface area contributed by atoms with Gasteiger partial charge in [-0.15, -0.1) is 0 Å². The number of unbranched alkanes of at least 4 members (excludes halogenated alkanes) is 17. The standard InChI is InChI=1S/C41H66O7S/c1-3-4-5-16-22-27-41(42)48-39(36-46-34-38-25-20-19-21-26-38)35-45-32-23-17-14-12-10-8-6-7-9-11-13-15-18-24-33-47-49(43,44)40-30-28-37(2)29-31-40/h19-21,25-26,28-31,39H,3-18,22-24,27,32-36H2,1-2H3. The van der Waals surface area contributed by atoms with E-state index >= 15 is 0 Å². The molecule has 0 aliphatic rings. The molecule has 7 nitrogen and oxygen atoms in total. The summed E-state index contributed by atoms with van der Waals surface area (Å²) >= 11 is 0. The van der Waals surface area contributed by atoms with Gasteiger partial charge in [0.15, 0.2) is 0 Å². The highest BCUT2D eigenvalue weighted by atomic mass is 32.2. The molecule has 0 saturated carbocycles. The van der Waals surface area contributed by atoms with Crippen LogP contribution >= 0.6 is 0 Å². The molecule has 1 unspecified atom stereocenters. The van der Waals surface area contributed by atoms with E-state index in [4.69, 9.17) is 18.4 Å². The Morgan fingerprint density at radius 1 is 0.612 bits per heavy atom. The fourth-order valence-electron chi connectivity index (χ4n) is 5.70. The van der Waals surface area contributed by atoms with Gasteiger partial charge in [-0.3, -0.25) is 8.98 Å². The number of carbonyl (C=O) groups excluding carboxylic acids is 1. The van der Waals surface area contributed by atoms with Gasteiger partial charge in [0.25, 0.3) is 10.1 Å². The fourth-order valence-corrected chi connectivity index (χ4v) is 6.64. The average molecular weight is 703 g/mol. The molecular formula is C41H66O7S. The average Bonchev–Trinajstić information content (AvgIpc) is 3.09. The lowest BCUT2D eigenvalue weighted by molar-refractivity contribution is -0.156. The number of aryl methyl sites for hydroxylation is 1. The summed E-state index contributed by atoms with van der Waals surface area (Å²) in [5.41, 5.74) is 2.13. The van der Waals surface area contributed by atoms with Gasteiger partial charge in [0.2, 0.25) is 0 Å². The van der Waals surface area contributed by atoms with Gasteiger partial charge in [0.1, 0.15) is 6.10 Å². The SMILES string of the molecule is CCCCCCCC(=O)OC(COCCCCCCCCCCCCCCCCOS(=O)(=O)c1ccc(C)cc1)COCc1ccccc1. The van der Waals surface area contributed by atoms with E-state index in [-0.39, 0.29) is 23.6 Å². The third-order valence-electron chi connectivity index (χ3n) is 8.73. The predicted octanol–water partition coefficient (Wildman–Crippen LogP) is 10.7. The second-order valence-corrected chi connectivity index (χ2v) is 15.0. The first-order chi connectivity index (χ1) is 23.9. The molecule has 0 aliphatic heterocycles. The van der Waals surface area contributed by atoms with Crippen LogP contribution in [-0.4, -0.2) is 46.9 Å². The Morgan fingerprint density at radius 3 is 1.71 bits per heavy atom. The molecule has 8 heteroatoms. The van der Waals surface area contributed by atoms with Gasteiger partial charge in [-0.25, -0.2) is 0 Å². The van der Waals surface area contributed by atoms with Crippen molar-refractivity contribution >= 4 is 16.1 Å². The second kappa shape index (κ2) is 28.4. The molecule has 2 rings (SSSR count). The van der Waals surface area contributed by atoms with Crippen molar-refractivity contribution < 1.29 is 31.6 Å². The summed E-state index contributed by atoms with van der Waals surface area (Å²) in [7, 11) is -3.64. The third kappa shape index (κ3) is 23.0. The number of esters is 1. The van der Waals surface area contributed by atoms with E-state index < -0.39 is 10.1 Å². The van der Waals surface area contributed by atoms with Gasteiger partial charge in [-0.1, -0.05) is 158 Å². The van der Waals surface area contributed by atoms with Crippen LogP contribution < -0.4 is 0 Å². The van der Waals surface area contributed by atoms with E-state index in [1.807, 2.05) is 37.3 Å². The molecule has 0 bridgehead atoms. The number of hydrogen-bond donors (Lipinski definition) is 0. The summed E-state index contributed by atoms with van der Waals surface area (Å²) in [6.07, 6.45) is 22.2. The van der Waals surface area contributed by atoms with Crippen LogP contribution in [0.3, 0.4) is 0 Å². The minimum Gasteiger partial charge on any atom is -0.457 e. The summed E-state index contributed by atoms with van der Waals surface area (Å²) in [6, 6.07) is 16.8. The molecule has 0 radical (unpaired) electrons. The maximum absolute atomic E-state index is 12.4. The molecule has 0 fully saturated rings. The molecule has 2 aromatic carbocycles. The van der Waals surface area contributed by atoms with Crippen LogP contribution in [0.4, 0.5) is 0 Å². The number of ether oxygens (including phenoxy) is 3. The van der Waals surface area contributed by atoms with Crippen molar-refractivity contribution in [3.63, 3.8) is 0 Å². The Morgan fingerprint density at radius 2 is 1.12 bits per heavy atom. The van der Waals surface area contributed by atoms with Gasteiger partial charge in [-0.05, 0) is 43.9 Å². The molecule has 0 amide bonds. The van der Waals surface area contributed by atoms with Gasteiger partial charge >= 0.3 is 5.97 Å². The van der Waals surface area contributed by atoms with Crippen LogP contribution in [0.1, 0.15) is 146 Å². The Labute approximate surface area is 299 Å². The lowest BCUT2D eigenvalue weighted by atomic mass is 10.0. The van der Waals surface area contributed by atoms with Crippen molar-refractivity contribution in [3.05, 3.63) is 65.7 Å². The van der Waals surface area contributed by atoms with Crippen LogP contribution in [0.5, 0.6) is 0 Å². The van der Waals surface area contributed by atoms with E-state index in [0.717, 1.165) is 56.1 Å². The minimum absolute atomic E-state index is 0.152. The summed E-state index contributed by atoms with van der Waals surface area (Å²) in [6.45, 7) is 6.28. The fraction of sp³-hybridized carbons (Fsp3) is 0.683. The van der Waals surface area contributed by atoms with E-state index in [2.05, 4.69) is 6.92 Å². The normalized spacial score (nSPS) is 12.3. The number of carbonyl (C=O) groups is 1. The Bertz CT molecular complexity index is 1170. The van der Waals surface area contributed by atoms with E-state index in [1.54, 1.807) is 24.3 Å². The molecule has 278 valence electrons. The molecule has 0 spiro atoms. The Balaban J connectivity index is 1.40. The monoisotopic (exact) mass is 702 g/mol. The first-order valence-corrected chi connectivity index (χ1v) is 20.7. The zero-order chi connectivity index (χ0) is 35.3. The maximum atomic E-state index is 12.4. The first-order valence-electron chi connectivity index (χ1n) is 19.3. The van der Waals surface area contributed by atoms with Crippen molar-refractivity contribution in [1.29, 1.82) is 0 Å². The molecule has 0 aromatic heterocycles. The van der Waals surface area contributed by atoms with Crippen molar-refractivity contribution in [2.24, 2.45) is 0 Å². The van der Waals surface area contributed by atoms with E-state index in [9.17, 15) is 13.2 Å². The van der Waals surface area contributed by atoms with Crippen molar-refractivity contribution in [3.8, 4) is 0 Å². The number of hydrogen-bond acceptors (Lipinski definition) is 7. The summed E-state index contributed by atoms with van der Waals surface area (Å²) in [4.78, 5) is 12.7. The highest BCUT2D eigenvalue weighted by molar-refractivity contribution is 7.86. The summed E-state index contributed by atoms with van der Waals surface area (Å²) in [5.74, 6) is -0.152. The largest absolute Gasteiger partial charge is 0.457 e. The predicted molar refractivity (Wildman–Crippen MR) is 199 cm³/mol. The van der Waals surface area contributed by atoms with Crippen molar-refractivity contribution in [2.45, 2.75) is 160 Å². The lowest BCUT2D eigenvalue weighted by Crippen LogP contribution is -2.28. The highest BCUT2D eigenvalue weighted by Gasteiger charge is 2.16. The summed E-state index contributed by atoms with van der Waals surface area (Å²) in [5, 5.41) is 0. The first kappa shape index (κ1) is 42.9. The molecule has 1 atom stereocenters. The molecule has 0 aliphatic carbocycles. The highest BCUT2D eigenvalue weighted by Crippen LogP contribution is 2.16. The maximum Gasteiger partial charge on any atom is 0.306 e. The van der Waals surface area contributed by atoms with Crippen LogP contribution in [0.25, 0.3) is 0 Å². The van der Waals surface area contributed by atoms with Gasteiger partial charge < -0.3 is 14.2 Å². The zero-order valence-corrected chi connectivity index (χ0v) is 31.5. The molecule has 2 aromatic rings. The van der Waals surface area contributed by atoms with Crippen molar-refractivity contribution in [2.75, 3.05) is 26.4 Å². The zero-order valence-electron chi connectivity index (χ0n) is 30.7. The van der Waals surface area contributed by atoms with Gasteiger partial charge in [-0.2, -0.15) is 8.42 Å². The topological polar surface area (TPSA) is 88.1 Å². The minimum atomic E-state index is -3.64. The van der Waals surface area contributed by atoms with Crippen LogP contribution in [-0.2, 0) is 39.9 Å². The Hall–Kier alpha value is -2.26. The second-order valence-electron chi connectivity index (χ2n) is 13.4. The molecule has 0 heterocycles. The lowest BCUT2D eigenvalue weighted by Gasteiger charge is -2.18. The van der Waals surface area contributed by atoms with Crippen LogP contribution in [0, 0.1) is 6.92 Å². The smallest absolute Gasteiger partial charge is 0.306 e. The summed E-state index contributed by atoms with van der Waals surface area (Å²) < 4.78 is 47.2. The quantitative estimate of drug-likeness (QED) is 0.0426. The number of benzene rings is 2. The molecule has 0 saturated heterocycles. The third-order valence-corrected chi connectivity index (χ3v) is 10.1. The van der Waals surface area contributed by atoms with Crippen molar-refractivity contribution in [1.82, 2.24) is 0 Å². The van der Waals surface area contributed by atoms with E-state index in [1.165, 1.54) is 77.0 Å². The van der Waals surface area contributed by atoms with E-state index in [0.29, 0.717) is 32.8 Å².